The minimum Gasteiger partial charge on any atom is -0.378 e. The zero-order valence-electron chi connectivity index (χ0n) is 15.8. The molecule has 3 rings (SSSR count). The Labute approximate surface area is 154 Å². The summed E-state index contributed by atoms with van der Waals surface area (Å²) in [5, 5.41) is 0. The summed E-state index contributed by atoms with van der Waals surface area (Å²) in [6.07, 6.45) is 6.68. The largest absolute Gasteiger partial charge is 0.378 e. The number of amides is 1. The fraction of sp³-hybridized carbons (Fsp3) is 0.737. The molecule has 1 N–H and O–H groups in total. The van der Waals surface area contributed by atoms with Gasteiger partial charge in [-0.2, -0.15) is 0 Å². The Hall–Kier alpha value is -1.89. The summed E-state index contributed by atoms with van der Waals surface area (Å²) in [5.41, 5.74) is 1.22. The number of aromatic amines is 1. The number of aromatic nitrogens is 2. The number of hydrogen-bond acceptors (Lipinski definition) is 5. The van der Waals surface area contributed by atoms with Crippen LogP contribution in [0.1, 0.15) is 49.8 Å². The number of anilines is 1. The first-order valence-corrected chi connectivity index (χ1v) is 9.85. The topological polar surface area (TPSA) is 78.5 Å². The predicted octanol–water partition coefficient (Wildman–Crippen LogP) is 1.64. The molecule has 0 bridgehead atoms. The lowest BCUT2D eigenvalue weighted by Crippen LogP contribution is -2.39. The molecule has 1 aromatic rings. The van der Waals surface area contributed by atoms with Crippen molar-refractivity contribution in [1.29, 1.82) is 0 Å². The number of hydrogen-bond donors (Lipinski definition) is 1. The summed E-state index contributed by atoms with van der Waals surface area (Å²) in [4.78, 5) is 36.5. The van der Waals surface area contributed by atoms with Crippen LogP contribution in [0.4, 0.5) is 5.95 Å². The number of morpholine rings is 1. The van der Waals surface area contributed by atoms with Gasteiger partial charge >= 0.3 is 0 Å². The molecule has 0 atom stereocenters. The fourth-order valence-electron chi connectivity index (χ4n) is 3.70. The van der Waals surface area contributed by atoms with Gasteiger partial charge in [-0.25, -0.2) is 4.98 Å². The number of nitrogens with zero attached hydrogens (tertiary/aromatic N) is 3. The van der Waals surface area contributed by atoms with Crippen LogP contribution in [0.15, 0.2) is 4.79 Å². The Morgan fingerprint density at radius 2 is 1.73 bits per heavy atom. The highest BCUT2D eigenvalue weighted by Crippen LogP contribution is 2.14. The molecule has 0 spiro atoms. The number of ether oxygens (including phenoxy) is 1. The molecule has 1 amide bonds. The molecule has 7 nitrogen and oxygen atoms in total. The minimum atomic E-state index is -0.126. The highest BCUT2D eigenvalue weighted by atomic mass is 16.5. The summed E-state index contributed by atoms with van der Waals surface area (Å²) in [6, 6.07) is 0. The zero-order chi connectivity index (χ0) is 18.4. The molecule has 0 radical (unpaired) electrons. The van der Waals surface area contributed by atoms with Gasteiger partial charge in [0.25, 0.3) is 5.56 Å². The molecule has 26 heavy (non-hydrogen) atoms. The lowest BCUT2D eigenvalue weighted by Gasteiger charge is -2.27. The normalized spacial score (nSPS) is 19.1. The van der Waals surface area contributed by atoms with E-state index in [0.29, 0.717) is 37.6 Å². The molecule has 0 aliphatic carbocycles. The average Bonchev–Trinajstić information content (AvgIpc) is 2.61. The third-order valence-corrected chi connectivity index (χ3v) is 5.32. The molecule has 0 saturated carbocycles. The van der Waals surface area contributed by atoms with E-state index in [0.717, 1.165) is 44.7 Å². The summed E-state index contributed by atoms with van der Waals surface area (Å²) in [5.74, 6) is 0.762. The van der Waals surface area contributed by atoms with E-state index in [1.54, 1.807) is 0 Å². The SMILES string of the molecule is Cc1nc(N2CCOCC2)[nH]c(=O)c1CCC(=O)N1CCCCCCC1. The lowest BCUT2D eigenvalue weighted by molar-refractivity contribution is -0.131. The Kier molecular flexibility index (Phi) is 6.66. The fourth-order valence-corrected chi connectivity index (χ4v) is 3.70. The van der Waals surface area contributed by atoms with E-state index in [1.165, 1.54) is 19.3 Å². The van der Waals surface area contributed by atoms with Crippen LogP contribution in [0.25, 0.3) is 0 Å². The molecule has 7 heteroatoms. The smallest absolute Gasteiger partial charge is 0.255 e. The third-order valence-electron chi connectivity index (χ3n) is 5.32. The van der Waals surface area contributed by atoms with Crippen molar-refractivity contribution < 1.29 is 9.53 Å². The number of carbonyl (C=O) groups excluding carboxylic acids is 1. The number of nitrogens with one attached hydrogen (secondary N) is 1. The highest BCUT2D eigenvalue weighted by Gasteiger charge is 2.19. The van der Waals surface area contributed by atoms with Gasteiger partial charge in [0.1, 0.15) is 0 Å². The Balaban J connectivity index is 1.62. The van der Waals surface area contributed by atoms with Crippen LogP contribution in [0.3, 0.4) is 0 Å². The molecule has 1 aromatic heterocycles. The van der Waals surface area contributed by atoms with Gasteiger partial charge in [0.2, 0.25) is 11.9 Å². The minimum absolute atomic E-state index is 0.126. The molecule has 2 fully saturated rings. The van der Waals surface area contributed by atoms with E-state index in [9.17, 15) is 9.59 Å². The summed E-state index contributed by atoms with van der Waals surface area (Å²) in [7, 11) is 0. The van der Waals surface area contributed by atoms with E-state index in [4.69, 9.17) is 4.74 Å². The first-order chi connectivity index (χ1) is 12.6. The molecule has 144 valence electrons. The van der Waals surface area contributed by atoms with Gasteiger partial charge in [0.05, 0.1) is 13.2 Å². The van der Waals surface area contributed by atoms with Crippen LogP contribution in [0, 0.1) is 6.92 Å². The molecule has 2 aliphatic rings. The monoisotopic (exact) mass is 362 g/mol. The quantitative estimate of drug-likeness (QED) is 0.881. The highest BCUT2D eigenvalue weighted by molar-refractivity contribution is 5.76. The van der Waals surface area contributed by atoms with E-state index in [2.05, 4.69) is 9.97 Å². The summed E-state index contributed by atoms with van der Waals surface area (Å²) in [6.45, 7) is 6.31. The van der Waals surface area contributed by atoms with Crippen molar-refractivity contribution in [2.45, 2.75) is 51.9 Å². The maximum absolute atomic E-state index is 12.5. The van der Waals surface area contributed by atoms with Crippen molar-refractivity contribution in [2.75, 3.05) is 44.3 Å². The Morgan fingerprint density at radius 3 is 2.38 bits per heavy atom. The molecular weight excluding hydrogens is 332 g/mol. The van der Waals surface area contributed by atoms with E-state index in [1.807, 2.05) is 16.7 Å². The van der Waals surface area contributed by atoms with E-state index in [-0.39, 0.29) is 11.5 Å². The van der Waals surface area contributed by atoms with Crippen LogP contribution in [-0.2, 0) is 16.0 Å². The van der Waals surface area contributed by atoms with Crippen LogP contribution in [0.5, 0.6) is 0 Å². The molecule has 2 saturated heterocycles. The summed E-state index contributed by atoms with van der Waals surface area (Å²) < 4.78 is 5.34. The summed E-state index contributed by atoms with van der Waals surface area (Å²) >= 11 is 0. The van der Waals surface area contributed by atoms with Gasteiger partial charge in [0.15, 0.2) is 0 Å². The van der Waals surface area contributed by atoms with Crippen LogP contribution in [-0.4, -0.2) is 60.2 Å². The van der Waals surface area contributed by atoms with Gasteiger partial charge < -0.3 is 14.5 Å². The average molecular weight is 362 g/mol. The lowest BCUT2D eigenvalue weighted by atomic mass is 10.1. The van der Waals surface area contributed by atoms with Crippen molar-refractivity contribution in [3.8, 4) is 0 Å². The predicted molar refractivity (Wildman–Crippen MR) is 101 cm³/mol. The van der Waals surface area contributed by atoms with Crippen molar-refractivity contribution >= 4 is 11.9 Å². The molecule has 2 aliphatic heterocycles. The molecular formula is C19H30N4O3. The van der Waals surface area contributed by atoms with E-state index >= 15 is 0 Å². The van der Waals surface area contributed by atoms with Crippen LogP contribution >= 0.6 is 0 Å². The second kappa shape index (κ2) is 9.16. The van der Waals surface area contributed by atoms with Crippen molar-refractivity contribution in [2.24, 2.45) is 0 Å². The van der Waals surface area contributed by atoms with Crippen LogP contribution in [0.2, 0.25) is 0 Å². The first-order valence-electron chi connectivity index (χ1n) is 9.85. The standard InChI is InChI=1S/C19H30N4O3/c1-15-16(7-8-17(24)22-9-5-3-2-4-6-10-22)18(25)21-19(20-15)23-11-13-26-14-12-23/h2-14H2,1H3,(H,20,21,25). The first kappa shape index (κ1) is 18.9. The van der Waals surface area contributed by atoms with E-state index < -0.39 is 0 Å². The second-order valence-electron chi connectivity index (χ2n) is 7.20. The second-order valence-corrected chi connectivity index (χ2v) is 7.20. The van der Waals surface area contributed by atoms with Gasteiger partial charge in [-0.15, -0.1) is 0 Å². The molecule has 0 unspecified atom stereocenters. The zero-order valence-corrected chi connectivity index (χ0v) is 15.8. The van der Waals surface area contributed by atoms with Gasteiger partial charge in [-0.1, -0.05) is 19.3 Å². The Bertz CT molecular complexity index is 659. The number of likely N-dealkylation sites (tertiary alicyclic amines) is 1. The number of rotatable bonds is 4. The molecule has 0 aromatic carbocycles. The maximum Gasteiger partial charge on any atom is 0.255 e. The number of carbonyl (C=O) groups is 1. The van der Waals surface area contributed by atoms with Crippen molar-refractivity contribution in [3.63, 3.8) is 0 Å². The van der Waals surface area contributed by atoms with Crippen molar-refractivity contribution in [1.82, 2.24) is 14.9 Å². The van der Waals surface area contributed by atoms with Gasteiger partial charge in [-0.3, -0.25) is 14.6 Å². The van der Waals surface area contributed by atoms with Crippen molar-refractivity contribution in [3.05, 3.63) is 21.6 Å². The molecule has 3 heterocycles. The Morgan fingerprint density at radius 1 is 1.08 bits per heavy atom. The third kappa shape index (κ3) is 4.84. The van der Waals surface area contributed by atoms with Crippen LogP contribution < -0.4 is 10.5 Å². The number of aryl methyl sites for hydroxylation is 1. The number of H-pyrrole nitrogens is 1. The van der Waals surface area contributed by atoms with Gasteiger partial charge in [-0.05, 0) is 26.2 Å². The van der Waals surface area contributed by atoms with Gasteiger partial charge in [0, 0.05) is 43.9 Å². The maximum atomic E-state index is 12.5.